The zero-order valence-corrected chi connectivity index (χ0v) is 28.1. The number of rotatable bonds is 6. The number of carbonyl (C=O) groups excluding carboxylic acids is 2. The van der Waals surface area contributed by atoms with Gasteiger partial charge in [0.2, 0.25) is 0 Å². The number of ether oxygens (including phenoxy) is 2. The third-order valence-corrected chi connectivity index (χ3v) is 9.27. The van der Waals surface area contributed by atoms with Crippen LogP contribution in [0, 0.1) is 0 Å². The second-order valence-corrected chi connectivity index (χ2v) is 12.2. The van der Waals surface area contributed by atoms with E-state index in [4.69, 9.17) is 30.9 Å². The van der Waals surface area contributed by atoms with Gasteiger partial charge in [0.1, 0.15) is 22.7 Å². The molecule has 0 spiro atoms. The van der Waals surface area contributed by atoms with Crippen molar-refractivity contribution in [3.8, 4) is 34.3 Å². The Labute approximate surface area is 295 Å². The van der Waals surface area contributed by atoms with Crippen molar-refractivity contribution in [2.45, 2.75) is 26.1 Å². The SMILES string of the molecule is COc1c(C(N)=O)ccc2c1nc1n2CCn2c(nc3c(OC)c(C(N)=O)ccc32)-c2cc(ccc2C(=O)O)CCNCc2ccc-1c(C(=O)O)c2. The number of imidazole rings is 2. The van der Waals surface area contributed by atoms with Gasteiger partial charge in [-0.1, -0.05) is 18.2 Å². The van der Waals surface area contributed by atoms with Crippen molar-refractivity contribution >= 4 is 45.8 Å². The van der Waals surface area contributed by atoms with E-state index in [1.807, 2.05) is 10.6 Å². The smallest absolute Gasteiger partial charge is 0.336 e. The number of hydrogen-bond acceptors (Lipinski definition) is 9. The Hall–Kier alpha value is -6.74. The van der Waals surface area contributed by atoms with Crippen LogP contribution in [0.5, 0.6) is 11.5 Å². The van der Waals surface area contributed by atoms with Crippen molar-refractivity contribution in [2.24, 2.45) is 11.5 Å². The maximum Gasteiger partial charge on any atom is 0.336 e. The molecule has 7 N–H and O–H groups in total. The molecule has 6 aromatic rings. The Bertz CT molecular complexity index is 2480. The summed E-state index contributed by atoms with van der Waals surface area (Å²) in [6, 6.07) is 16.6. The van der Waals surface area contributed by atoms with Crippen LogP contribution in [0.4, 0.5) is 0 Å². The first-order chi connectivity index (χ1) is 25.0. The predicted molar refractivity (Wildman–Crippen MR) is 190 cm³/mol. The van der Waals surface area contributed by atoms with Crippen LogP contribution in [-0.2, 0) is 26.1 Å². The molecule has 4 heterocycles. The van der Waals surface area contributed by atoms with Gasteiger partial charge in [-0.2, -0.15) is 0 Å². The van der Waals surface area contributed by atoms with Crippen molar-refractivity contribution in [1.29, 1.82) is 0 Å². The molecular weight excluding hydrogens is 670 g/mol. The van der Waals surface area contributed by atoms with Gasteiger partial charge in [0.15, 0.2) is 11.5 Å². The molecule has 15 nitrogen and oxygen atoms in total. The van der Waals surface area contributed by atoms with Gasteiger partial charge < -0.3 is 45.6 Å². The number of nitrogens with one attached hydrogen (secondary N) is 1. The topological polar surface area (TPSA) is 227 Å². The van der Waals surface area contributed by atoms with Crippen LogP contribution in [0.2, 0.25) is 0 Å². The number of primary amides is 2. The fourth-order valence-electron chi connectivity index (χ4n) is 6.86. The summed E-state index contributed by atoms with van der Waals surface area (Å²) in [5, 5.41) is 24.1. The van der Waals surface area contributed by atoms with E-state index in [2.05, 4.69) is 5.32 Å². The molecule has 4 bridgehead atoms. The molecule has 2 aliphatic rings. The molecule has 0 atom stereocenters. The average molecular weight is 704 g/mol. The number of nitrogens with two attached hydrogens (primary N) is 2. The lowest BCUT2D eigenvalue weighted by molar-refractivity contribution is 0.0686. The number of aromatic nitrogens is 4. The minimum Gasteiger partial charge on any atom is -0.494 e. The summed E-state index contributed by atoms with van der Waals surface area (Å²) in [5.41, 5.74) is 15.4. The van der Waals surface area contributed by atoms with Crippen LogP contribution >= 0.6 is 0 Å². The molecule has 52 heavy (non-hydrogen) atoms. The van der Waals surface area contributed by atoms with E-state index in [0.717, 1.165) is 11.1 Å². The number of benzene rings is 4. The number of nitrogens with zero attached hydrogens (tertiary/aromatic N) is 4. The summed E-state index contributed by atoms with van der Waals surface area (Å²) in [5.74, 6) is -2.93. The molecule has 4 aromatic carbocycles. The molecule has 0 unspecified atom stereocenters. The van der Waals surface area contributed by atoms with Gasteiger partial charge in [0.25, 0.3) is 11.8 Å². The maximum absolute atomic E-state index is 12.7. The Morgan fingerprint density at radius 3 is 1.71 bits per heavy atom. The molecule has 0 fully saturated rings. The second kappa shape index (κ2) is 13.2. The Morgan fingerprint density at radius 1 is 0.673 bits per heavy atom. The van der Waals surface area contributed by atoms with E-state index >= 15 is 0 Å². The molecule has 0 aliphatic carbocycles. The van der Waals surface area contributed by atoms with Gasteiger partial charge in [0, 0.05) is 30.8 Å². The molecule has 8 rings (SSSR count). The van der Waals surface area contributed by atoms with E-state index in [1.165, 1.54) is 26.4 Å². The van der Waals surface area contributed by atoms with Crippen LogP contribution in [-0.4, -0.2) is 73.8 Å². The number of carboxylic acids is 2. The van der Waals surface area contributed by atoms with E-state index in [1.54, 1.807) is 47.0 Å². The number of amides is 2. The van der Waals surface area contributed by atoms with Crippen LogP contribution in [0.25, 0.3) is 44.8 Å². The fourth-order valence-corrected chi connectivity index (χ4v) is 6.86. The largest absolute Gasteiger partial charge is 0.494 e. The third kappa shape index (κ3) is 5.62. The highest BCUT2D eigenvalue weighted by Crippen LogP contribution is 2.38. The quantitative estimate of drug-likeness (QED) is 0.168. The summed E-state index contributed by atoms with van der Waals surface area (Å²) in [6.45, 7) is 1.16. The van der Waals surface area contributed by atoms with Gasteiger partial charge in [-0.25, -0.2) is 19.6 Å². The van der Waals surface area contributed by atoms with E-state index in [0.29, 0.717) is 53.0 Å². The van der Waals surface area contributed by atoms with E-state index in [9.17, 15) is 29.4 Å². The predicted octanol–water partition coefficient (Wildman–Crippen LogP) is 3.68. The van der Waals surface area contributed by atoms with Gasteiger partial charge >= 0.3 is 11.9 Å². The number of fused-ring (bicyclic) bond motifs is 8. The minimum absolute atomic E-state index is 0.0152. The highest BCUT2D eigenvalue weighted by Gasteiger charge is 2.27. The fraction of sp³-hybridized carbons (Fsp3) is 0.189. The first-order valence-electron chi connectivity index (χ1n) is 16.2. The first-order valence-corrected chi connectivity index (χ1v) is 16.2. The normalized spacial score (nSPS) is 13.0. The summed E-state index contributed by atoms with van der Waals surface area (Å²) in [7, 11) is 2.78. The molecule has 0 saturated carbocycles. The van der Waals surface area contributed by atoms with Crippen molar-refractivity contribution in [3.05, 3.63) is 94.0 Å². The van der Waals surface area contributed by atoms with Crippen LogP contribution in [0.1, 0.15) is 52.6 Å². The number of aromatic carboxylic acids is 2. The summed E-state index contributed by atoms with van der Waals surface area (Å²) < 4.78 is 14.9. The molecule has 264 valence electrons. The minimum atomic E-state index is -1.16. The van der Waals surface area contributed by atoms with Crippen LogP contribution < -0.4 is 26.3 Å². The van der Waals surface area contributed by atoms with Crippen molar-refractivity contribution in [1.82, 2.24) is 24.4 Å². The lowest BCUT2D eigenvalue weighted by atomic mass is 10.0. The zero-order valence-electron chi connectivity index (χ0n) is 28.1. The van der Waals surface area contributed by atoms with Crippen molar-refractivity contribution in [2.75, 3.05) is 20.8 Å². The Morgan fingerprint density at radius 2 is 1.19 bits per heavy atom. The molecular formula is C37H33N7O8. The van der Waals surface area contributed by atoms with E-state index < -0.39 is 23.8 Å². The van der Waals surface area contributed by atoms with Gasteiger partial charge in [-0.3, -0.25) is 9.59 Å². The second-order valence-electron chi connectivity index (χ2n) is 12.2. The molecule has 0 saturated heterocycles. The molecule has 15 heteroatoms. The number of carbonyl (C=O) groups is 4. The Balaban J connectivity index is 1.54. The summed E-state index contributed by atoms with van der Waals surface area (Å²) >= 11 is 0. The lowest BCUT2D eigenvalue weighted by Crippen LogP contribution is -2.17. The van der Waals surface area contributed by atoms with Crippen molar-refractivity contribution < 1.29 is 38.9 Å². The molecule has 2 amide bonds. The average Bonchev–Trinajstić information content (AvgIpc) is 3.69. The number of methoxy groups -OCH3 is 2. The zero-order chi connectivity index (χ0) is 36.8. The number of aryl methyl sites for hydroxylation is 2. The van der Waals surface area contributed by atoms with Crippen molar-refractivity contribution in [3.63, 3.8) is 0 Å². The first kappa shape index (κ1) is 33.7. The number of carboxylic acid groups (broad SMARTS) is 2. The van der Waals surface area contributed by atoms with Gasteiger partial charge in [-0.15, -0.1) is 0 Å². The van der Waals surface area contributed by atoms with Crippen LogP contribution in [0.3, 0.4) is 0 Å². The highest BCUT2D eigenvalue weighted by molar-refractivity contribution is 6.04. The standard InChI is InChI=1S/C37H33N7O8/c1-51-30-22(32(38)45)7-9-26-28(30)41-34-20-5-4-19(16-25(20)37(49)50)17-40-12-11-18-3-6-21(36(47)48)24(15-18)35-42-29-27(44(35)14-13-43(26)34)10-8-23(33(39)46)31(29)52-2/h3-10,15-16,40H,11-14,17H2,1-2H3,(H2,38,45)(H2,39,46)(H,47,48)(H,49,50). The molecule has 0 radical (unpaired) electrons. The monoisotopic (exact) mass is 703 g/mol. The van der Waals surface area contributed by atoms with Crippen LogP contribution in [0.15, 0.2) is 60.7 Å². The Kier molecular flexibility index (Phi) is 8.56. The third-order valence-electron chi connectivity index (χ3n) is 9.27. The van der Waals surface area contributed by atoms with Gasteiger partial charge in [-0.05, 0) is 66.6 Å². The maximum atomic E-state index is 12.7. The summed E-state index contributed by atoms with van der Waals surface area (Å²) in [4.78, 5) is 59.8. The molecule has 2 aliphatic heterocycles. The highest BCUT2D eigenvalue weighted by atomic mass is 16.5. The number of hydrogen-bond donors (Lipinski definition) is 5. The van der Waals surface area contributed by atoms with E-state index in [-0.39, 0.29) is 58.2 Å². The summed E-state index contributed by atoms with van der Waals surface area (Å²) in [6.07, 6.45) is 0.530. The molecule has 2 aromatic heterocycles. The lowest BCUT2D eigenvalue weighted by Gasteiger charge is -2.16. The van der Waals surface area contributed by atoms with Gasteiger partial charge in [0.05, 0.1) is 47.5 Å².